The summed E-state index contributed by atoms with van der Waals surface area (Å²) in [5.41, 5.74) is 11.8. The molecule has 0 aliphatic rings. The number of hydrogen-bond acceptors (Lipinski definition) is 4. The van der Waals surface area contributed by atoms with Crippen LogP contribution >= 0.6 is 0 Å². The molecule has 5 nitrogen and oxygen atoms in total. The predicted molar refractivity (Wildman–Crippen MR) is 66.5 cm³/mol. The predicted octanol–water partition coefficient (Wildman–Crippen LogP) is -0.0604. The SMILES string of the molecule is COc1ccc(CN(C)CC(N)C(N)=O)cc1. The van der Waals surface area contributed by atoms with Crippen molar-refractivity contribution >= 4 is 5.91 Å². The number of methoxy groups -OCH3 is 1. The second-order valence-corrected chi connectivity index (χ2v) is 4.05. The lowest BCUT2D eigenvalue weighted by Crippen LogP contribution is -2.44. The summed E-state index contributed by atoms with van der Waals surface area (Å²) in [6.45, 7) is 1.16. The second-order valence-electron chi connectivity index (χ2n) is 4.05. The third-order valence-corrected chi connectivity index (χ3v) is 2.49. The maximum absolute atomic E-state index is 10.8. The Morgan fingerprint density at radius 3 is 2.47 bits per heavy atom. The van der Waals surface area contributed by atoms with Crippen LogP contribution in [0.3, 0.4) is 0 Å². The van der Waals surface area contributed by atoms with Crippen LogP contribution in [0, 0.1) is 0 Å². The lowest BCUT2D eigenvalue weighted by molar-refractivity contribution is -0.119. The van der Waals surface area contributed by atoms with Crippen molar-refractivity contribution in [3.05, 3.63) is 29.8 Å². The van der Waals surface area contributed by atoms with Crippen molar-refractivity contribution in [2.75, 3.05) is 20.7 Å². The van der Waals surface area contributed by atoms with Gasteiger partial charge in [-0.15, -0.1) is 0 Å². The summed E-state index contributed by atoms with van der Waals surface area (Å²) in [6.07, 6.45) is 0. The molecule has 0 heterocycles. The Kier molecular flexibility index (Phi) is 4.93. The number of rotatable bonds is 6. The number of nitrogens with zero attached hydrogens (tertiary/aromatic N) is 1. The van der Waals surface area contributed by atoms with E-state index in [0.717, 1.165) is 11.3 Å². The Labute approximate surface area is 101 Å². The van der Waals surface area contributed by atoms with E-state index < -0.39 is 11.9 Å². The lowest BCUT2D eigenvalue weighted by Gasteiger charge is -2.19. The fraction of sp³-hybridized carbons (Fsp3) is 0.417. The van der Waals surface area contributed by atoms with Gasteiger partial charge in [0, 0.05) is 13.1 Å². The van der Waals surface area contributed by atoms with Crippen LogP contribution in [0.1, 0.15) is 5.56 Å². The fourth-order valence-corrected chi connectivity index (χ4v) is 1.53. The zero-order valence-corrected chi connectivity index (χ0v) is 10.2. The maximum atomic E-state index is 10.8. The minimum absolute atomic E-state index is 0.446. The molecule has 1 amide bonds. The van der Waals surface area contributed by atoms with Crippen LogP contribution < -0.4 is 16.2 Å². The van der Waals surface area contributed by atoms with Crippen molar-refractivity contribution < 1.29 is 9.53 Å². The average Bonchev–Trinajstić information content (AvgIpc) is 2.29. The number of carbonyl (C=O) groups is 1. The molecule has 0 aliphatic carbocycles. The number of likely N-dealkylation sites (N-methyl/N-ethyl adjacent to an activating group) is 1. The highest BCUT2D eigenvalue weighted by molar-refractivity contribution is 5.79. The smallest absolute Gasteiger partial charge is 0.235 e. The van der Waals surface area contributed by atoms with E-state index in [4.69, 9.17) is 16.2 Å². The van der Waals surface area contributed by atoms with Gasteiger partial charge < -0.3 is 21.1 Å². The number of benzene rings is 1. The molecule has 1 atom stereocenters. The highest BCUT2D eigenvalue weighted by atomic mass is 16.5. The second kappa shape index (κ2) is 6.22. The summed E-state index contributed by atoms with van der Waals surface area (Å²) >= 11 is 0. The van der Waals surface area contributed by atoms with Crippen LogP contribution in [0.5, 0.6) is 5.75 Å². The molecule has 0 fully saturated rings. The molecular formula is C12H19N3O2. The van der Waals surface area contributed by atoms with E-state index in [-0.39, 0.29) is 0 Å². The molecule has 0 aliphatic heterocycles. The molecule has 1 aromatic rings. The standard InChI is InChI=1S/C12H19N3O2/c1-15(8-11(13)12(14)16)7-9-3-5-10(17-2)6-4-9/h3-6,11H,7-8,13H2,1-2H3,(H2,14,16). The first kappa shape index (κ1) is 13.5. The van der Waals surface area contributed by atoms with Gasteiger partial charge in [-0.2, -0.15) is 0 Å². The van der Waals surface area contributed by atoms with E-state index in [1.807, 2.05) is 36.2 Å². The monoisotopic (exact) mass is 237 g/mol. The summed E-state index contributed by atoms with van der Waals surface area (Å²) in [4.78, 5) is 12.8. The van der Waals surface area contributed by atoms with Crippen molar-refractivity contribution in [2.45, 2.75) is 12.6 Å². The first-order valence-electron chi connectivity index (χ1n) is 5.39. The molecule has 0 spiro atoms. The van der Waals surface area contributed by atoms with Crippen molar-refractivity contribution in [3.63, 3.8) is 0 Å². The topological polar surface area (TPSA) is 81.6 Å². The Hall–Kier alpha value is -1.59. The molecule has 1 rings (SSSR count). The first-order chi connectivity index (χ1) is 8.02. The molecule has 0 saturated heterocycles. The third kappa shape index (κ3) is 4.42. The highest BCUT2D eigenvalue weighted by Crippen LogP contribution is 2.12. The number of primary amides is 1. The summed E-state index contributed by atoms with van der Waals surface area (Å²) < 4.78 is 5.08. The van der Waals surface area contributed by atoms with Crippen LogP contribution in [-0.4, -0.2) is 37.6 Å². The minimum Gasteiger partial charge on any atom is -0.497 e. The molecule has 0 saturated carbocycles. The molecule has 4 N–H and O–H groups in total. The Morgan fingerprint density at radius 2 is 2.00 bits per heavy atom. The fourth-order valence-electron chi connectivity index (χ4n) is 1.53. The molecule has 1 aromatic carbocycles. The summed E-state index contributed by atoms with van der Waals surface area (Å²) in [7, 11) is 3.53. The number of nitrogens with two attached hydrogens (primary N) is 2. The maximum Gasteiger partial charge on any atom is 0.235 e. The number of ether oxygens (including phenoxy) is 1. The Bertz CT molecular complexity index is 365. The summed E-state index contributed by atoms with van der Waals surface area (Å²) in [6, 6.07) is 7.13. The number of amides is 1. The van der Waals surface area contributed by atoms with E-state index in [1.165, 1.54) is 0 Å². The Morgan fingerprint density at radius 1 is 1.41 bits per heavy atom. The Balaban J connectivity index is 2.49. The van der Waals surface area contributed by atoms with E-state index in [0.29, 0.717) is 13.1 Å². The lowest BCUT2D eigenvalue weighted by atomic mass is 10.2. The van der Waals surface area contributed by atoms with Gasteiger partial charge in [0.05, 0.1) is 13.2 Å². The van der Waals surface area contributed by atoms with Gasteiger partial charge >= 0.3 is 0 Å². The van der Waals surface area contributed by atoms with Crippen molar-refractivity contribution in [1.82, 2.24) is 4.90 Å². The first-order valence-corrected chi connectivity index (χ1v) is 5.39. The van der Waals surface area contributed by atoms with E-state index in [9.17, 15) is 4.79 Å². The molecule has 94 valence electrons. The van der Waals surface area contributed by atoms with Gasteiger partial charge in [0.15, 0.2) is 0 Å². The van der Waals surface area contributed by atoms with Crippen molar-refractivity contribution in [2.24, 2.45) is 11.5 Å². The number of hydrogen-bond donors (Lipinski definition) is 2. The summed E-state index contributed by atoms with van der Waals surface area (Å²) in [5.74, 6) is 0.344. The van der Waals surface area contributed by atoms with Gasteiger partial charge in [-0.05, 0) is 24.7 Å². The van der Waals surface area contributed by atoms with E-state index >= 15 is 0 Å². The molecule has 0 radical (unpaired) electrons. The summed E-state index contributed by atoms with van der Waals surface area (Å²) in [5, 5.41) is 0. The van der Waals surface area contributed by atoms with Gasteiger partial charge in [-0.3, -0.25) is 4.79 Å². The third-order valence-electron chi connectivity index (χ3n) is 2.49. The van der Waals surface area contributed by atoms with Crippen molar-refractivity contribution in [1.29, 1.82) is 0 Å². The average molecular weight is 237 g/mol. The molecule has 1 unspecified atom stereocenters. The molecule has 0 bridgehead atoms. The van der Waals surface area contributed by atoms with Crippen LogP contribution in [0.2, 0.25) is 0 Å². The van der Waals surface area contributed by atoms with Gasteiger partial charge in [0.1, 0.15) is 5.75 Å². The molecule has 0 aromatic heterocycles. The van der Waals surface area contributed by atoms with Crippen LogP contribution in [0.4, 0.5) is 0 Å². The van der Waals surface area contributed by atoms with Gasteiger partial charge in [0.2, 0.25) is 5.91 Å². The zero-order chi connectivity index (χ0) is 12.8. The van der Waals surface area contributed by atoms with Crippen LogP contribution in [0.15, 0.2) is 24.3 Å². The van der Waals surface area contributed by atoms with E-state index in [2.05, 4.69) is 0 Å². The van der Waals surface area contributed by atoms with Gasteiger partial charge in [-0.1, -0.05) is 12.1 Å². The van der Waals surface area contributed by atoms with Crippen LogP contribution in [0.25, 0.3) is 0 Å². The van der Waals surface area contributed by atoms with Crippen LogP contribution in [-0.2, 0) is 11.3 Å². The minimum atomic E-state index is -0.627. The van der Waals surface area contributed by atoms with Gasteiger partial charge in [-0.25, -0.2) is 0 Å². The zero-order valence-electron chi connectivity index (χ0n) is 10.2. The van der Waals surface area contributed by atoms with Gasteiger partial charge in [0.25, 0.3) is 0 Å². The van der Waals surface area contributed by atoms with Crippen molar-refractivity contribution in [3.8, 4) is 5.75 Å². The largest absolute Gasteiger partial charge is 0.497 e. The highest BCUT2D eigenvalue weighted by Gasteiger charge is 2.12. The molecule has 5 heteroatoms. The molecule has 17 heavy (non-hydrogen) atoms. The number of carbonyl (C=O) groups excluding carboxylic acids is 1. The normalized spacial score (nSPS) is 12.5. The van der Waals surface area contributed by atoms with E-state index in [1.54, 1.807) is 7.11 Å². The quantitative estimate of drug-likeness (QED) is 0.726. The molecular weight excluding hydrogens is 218 g/mol.